The molecule has 152 valence electrons. The Labute approximate surface area is 166 Å². The summed E-state index contributed by atoms with van der Waals surface area (Å²) in [6.45, 7) is -1.31. The number of hydrogen-bond acceptors (Lipinski definition) is 5. The lowest BCUT2D eigenvalue weighted by molar-refractivity contribution is -0.143. The molecule has 0 bridgehead atoms. The van der Waals surface area contributed by atoms with E-state index in [0.29, 0.717) is 22.6 Å². The van der Waals surface area contributed by atoms with E-state index in [1.54, 1.807) is 42.5 Å². The summed E-state index contributed by atoms with van der Waals surface area (Å²) >= 11 is 0. The van der Waals surface area contributed by atoms with Crippen molar-refractivity contribution in [3.05, 3.63) is 59.9 Å². The van der Waals surface area contributed by atoms with Crippen LogP contribution < -0.4 is 9.47 Å². The standard InChI is InChI=1S/C21H20F2N2O4/c1-13(20-24-16-6-4-5-7-17(16)25(20)21(22)23)29-19(26)11-8-14-12-15(27-2)9-10-18(14)28-3/h4-13,21H,1-3H3/b11-8+. The number of nitrogens with zero attached hydrogens (tertiary/aromatic N) is 2. The number of carbonyl (C=O) groups excluding carboxylic acids is 1. The number of hydrogen-bond donors (Lipinski definition) is 0. The molecule has 6 nitrogen and oxygen atoms in total. The van der Waals surface area contributed by atoms with E-state index in [1.165, 1.54) is 33.3 Å². The first-order chi connectivity index (χ1) is 13.9. The number of aromatic nitrogens is 2. The summed E-state index contributed by atoms with van der Waals surface area (Å²) < 4.78 is 43.6. The minimum atomic E-state index is -2.81. The van der Waals surface area contributed by atoms with Gasteiger partial charge in [0, 0.05) is 11.6 Å². The van der Waals surface area contributed by atoms with Crippen LogP contribution in [0.25, 0.3) is 17.1 Å². The Bertz CT molecular complexity index is 1050. The summed E-state index contributed by atoms with van der Waals surface area (Å²) in [6.07, 6.45) is 1.73. The van der Waals surface area contributed by atoms with Crippen molar-refractivity contribution >= 4 is 23.1 Å². The molecule has 0 radical (unpaired) electrons. The first-order valence-electron chi connectivity index (χ1n) is 8.80. The molecular formula is C21H20F2N2O4. The molecular weight excluding hydrogens is 382 g/mol. The van der Waals surface area contributed by atoms with Crippen LogP contribution in [-0.4, -0.2) is 29.7 Å². The number of carbonyl (C=O) groups is 1. The number of halogens is 2. The maximum Gasteiger partial charge on any atom is 0.331 e. The molecule has 0 N–H and O–H groups in total. The predicted octanol–water partition coefficient (Wildman–Crippen LogP) is 4.77. The van der Waals surface area contributed by atoms with Gasteiger partial charge in [-0.1, -0.05) is 12.1 Å². The van der Waals surface area contributed by atoms with Crippen LogP contribution in [-0.2, 0) is 9.53 Å². The number of para-hydroxylation sites is 2. The van der Waals surface area contributed by atoms with Gasteiger partial charge in [-0.15, -0.1) is 0 Å². The van der Waals surface area contributed by atoms with E-state index in [4.69, 9.17) is 14.2 Å². The summed E-state index contributed by atoms with van der Waals surface area (Å²) in [5.74, 6) is 0.414. The van der Waals surface area contributed by atoms with Crippen molar-refractivity contribution in [1.82, 2.24) is 9.55 Å². The lowest BCUT2D eigenvalue weighted by Crippen LogP contribution is -2.13. The minimum Gasteiger partial charge on any atom is -0.497 e. The van der Waals surface area contributed by atoms with Crippen molar-refractivity contribution in [3.8, 4) is 11.5 Å². The van der Waals surface area contributed by atoms with Crippen molar-refractivity contribution in [2.75, 3.05) is 14.2 Å². The molecule has 0 aliphatic rings. The van der Waals surface area contributed by atoms with Gasteiger partial charge in [-0.05, 0) is 43.3 Å². The van der Waals surface area contributed by atoms with Gasteiger partial charge in [0.15, 0.2) is 11.9 Å². The quantitative estimate of drug-likeness (QED) is 0.421. The molecule has 0 fully saturated rings. The summed E-state index contributed by atoms with van der Waals surface area (Å²) in [5.41, 5.74) is 1.29. The third-order valence-corrected chi connectivity index (χ3v) is 4.31. The van der Waals surface area contributed by atoms with Crippen molar-refractivity contribution in [2.24, 2.45) is 0 Å². The highest BCUT2D eigenvalue weighted by Gasteiger charge is 2.23. The van der Waals surface area contributed by atoms with E-state index in [1.807, 2.05) is 0 Å². The van der Waals surface area contributed by atoms with Gasteiger partial charge in [-0.3, -0.25) is 4.57 Å². The molecule has 3 aromatic rings. The van der Waals surface area contributed by atoms with Crippen LogP contribution in [0.1, 0.15) is 31.0 Å². The number of benzene rings is 2. The van der Waals surface area contributed by atoms with Gasteiger partial charge in [0.25, 0.3) is 0 Å². The fraction of sp³-hybridized carbons (Fsp3) is 0.238. The van der Waals surface area contributed by atoms with E-state index in [0.717, 1.165) is 4.57 Å². The van der Waals surface area contributed by atoms with Gasteiger partial charge in [-0.25, -0.2) is 9.78 Å². The smallest absolute Gasteiger partial charge is 0.331 e. The highest BCUT2D eigenvalue weighted by Crippen LogP contribution is 2.29. The van der Waals surface area contributed by atoms with Crippen LogP contribution in [0.3, 0.4) is 0 Å². The Morgan fingerprint density at radius 3 is 2.59 bits per heavy atom. The second-order valence-electron chi connectivity index (χ2n) is 6.13. The summed E-state index contributed by atoms with van der Waals surface area (Å²) in [5, 5.41) is 0. The summed E-state index contributed by atoms with van der Waals surface area (Å²) in [7, 11) is 3.04. The number of fused-ring (bicyclic) bond motifs is 1. The van der Waals surface area contributed by atoms with Gasteiger partial charge >= 0.3 is 12.5 Å². The molecule has 2 aromatic carbocycles. The molecule has 1 unspecified atom stereocenters. The van der Waals surface area contributed by atoms with Crippen molar-refractivity contribution in [3.63, 3.8) is 0 Å². The molecule has 0 aliphatic carbocycles. The average molecular weight is 402 g/mol. The van der Waals surface area contributed by atoms with Gasteiger partial charge in [0.2, 0.25) is 0 Å². The molecule has 1 aromatic heterocycles. The van der Waals surface area contributed by atoms with Crippen LogP contribution >= 0.6 is 0 Å². The fourth-order valence-electron chi connectivity index (χ4n) is 2.95. The predicted molar refractivity (Wildman–Crippen MR) is 104 cm³/mol. The molecule has 0 saturated heterocycles. The van der Waals surface area contributed by atoms with Crippen LogP contribution in [0.4, 0.5) is 8.78 Å². The van der Waals surface area contributed by atoms with Crippen molar-refractivity contribution < 1.29 is 27.8 Å². The largest absolute Gasteiger partial charge is 0.497 e. The molecule has 29 heavy (non-hydrogen) atoms. The third kappa shape index (κ3) is 4.37. The number of methoxy groups -OCH3 is 2. The van der Waals surface area contributed by atoms with Crippen molar-refractivity contribution in [1.29, 1.82) is 0 Å². The van der Waals surface area contributed by atoms with Crippen LogP contribution in [0.2, 0.25) is 0 Å². The summed E-state index contributed by atoms with van der Waals surface area (Å²) in [4.78, 5) is 16.4. The molecule has 0 saturated carbocycles. The second-order valence-corrected chi connectivity index (χ2v) is 6.13. The SMILES string of the molecule is COc1ccc(OC)c(/C=C/C(=O)OC(C)c2nc3ccccc3n2C(F)F)c1. The van der Waals surface area contributed by atoms with E-state index >= 15 is 0 Å². The fourth-order valence-corrected chi connectivity index (χ4v) is 2.95. The van der Waals surface area contributed by atoms with Gasteiger partial charge < -0.3 is 14.2 Å². The van der Waals surface area contributed by atoms with Crippen LogP contribution in [0, 0.1) is 0 Å². The maximum atomic E-state index is 13.6. The lowest BCUT2D eigenvalue weighted by atomic mass is 10.1. The van der Waals surface area contributed by atoms with E-state index < -0.39 is 18.6 Å². The first-order valence-corrected chi connectivity index (χ1v) is 8.80. The monoisotopic (exact) mass is 402 g/mol. The zero-order chi connectivity index (χ0) is 21.0. The Morgan fingerprint density at radius 1 is 1.14 bits per heavy atom. The summed E-state index contributed by atoms with van der Waals surface area (Å²) in [6, 6.07) is 11.7. The topological polar surface area (TPSA) is 62.6 Å². The highest BCUT2D eigenvalue weighted by molar-refractivity contribution is 5.88. The zero-order valence-electron chi connectivity index (χ0n) is 16.1. The molecule has 1 heterocycles. The van der Waals surface area contributed by atoms with Crippen LogP contribution in [0.15, 0.2) is 48.5 Å². The number of imidazole rings is 1. The number of esters is 1. The normalized spacial score (nSPS) is 12.5. The number of alkyl halides is 2. The highest BCUT2D eigenvalue weighted by atomic mass is 19.3. The molecule has 0 spiro atoms. The first kappa shape index (κ1) is 20.3. The Kier molecular flexibility index (Phi) is 6.11. The average Bonchev–Trinajstić information content (AvgIpc) is 3.12. The third-order valence-electron chi connectivity index (χ3n) is 4.31. The molecule has 8 heteroatoms. The number of ether oxygens (including phenoxy) is 3. The van der Waals surface area contributed by atoms with E-state index in [2.05, 4.69) is 4.98 Å². The number of rotatable bonds is 7. The zero-order valence-corrected chi connectivity index (χ0v) is 16.1. The lowest BCUT2D eigenvalue weighted by Gasteiger charge is -2.14. The Morgan fingerprint density at radius 2 is 1.90 bits per heavy atom. The molecule has 3 rings (SSSR count). The van der Waals surface area contributed by atoms with E-state index in [-0.39, 0.29) is 11.3 Å². The second kappa shape index (κ2) is 8.72. The van der Waals surface area contributed by atoms with Gasteiger partial charge in [-0.2, -0.15) is 8.78 Å². The molecule has 0 aliphatic heterocycles. The van der Waals surface area contributed by atoms with Gasteiger partial charge in [0.1, 0.15) is 11.5 Å². The van der Waals surface area contributed by atoms with Crippen molar-refractivity contribution in [2.45, 2.75) is 19.6 Å². The Balaban J connectivity index is 1.81. The van der Waals surface area contributed by atoms with Gasteiger partial charge in [0.05, 0.1) is 25.3 Å². The van der Waals surface area contributed by atoms with Crippen LogP contribution in [0.5, 0.6) is 11.5 Å². The molecule has 0 amide bonds. The van der Waals surface area contributed by atoms with E-state index in [9.17, 15) is 13.6 Å². The maximum absolute atomic E-state index is 13.6. The molecule has 1 atom stereocenters. The minimum absolute atomic E-state index is 0.0260. The Hall–Kier alpha value is -3.42.